The van der Waals surface area contributed by atoms with Gasteiger partial charge in [0.15, 0.2) is 0 Å². The maximum Gasteiger partial charge on any atom is 0.349 e. The predicted octanol–water partition coefficient (Wildman–Crippen LogP) is 2.85. The number of benzene rings is 1. The van der Waals surface area contributed by atoms with E-state index in [2.05, 4.69) is 15.9 Å². The number of carbonyl (C=O) groups excluding carboxylic acids is 1. The van der Waals surface area contributed by atoms with Crippen LogP contribution >= 0.6 is 28.3 Å². The van der Waals surface area contributed by atoms with E-state index in [1.807, 2.05) is 6.07 Å². The van der Waals surface area contributed by atoms with E-state index in [9.17, 15) is 9.59 Å². The number of nitrogens with zero attached hydrogens (tertiary/aromatic N) is 1. The number of piperidine rings is 1. The van der Waals surface area contributed by atoms with Crippen LogP contribution < -0.4 is 11.4 Å². The third kappa shape index (κ3) is 3.44. The number of hydrogen-bond donors (Lipinski definition) is 1. The molecule has 5 nitrogen and oxygen atoms in total. The Morgan fingerprint density at radius 2 is 2.00 bits per heavy atom. The van der Waals surface area contributed by atoms with Gasteiger partial charge in [-0.05, 0) is 43.5 Å². The van der Waals surface area contributed by atoms with Gasteiger partial charge >= 0.3 is 5.63 Å². The predicted molar refractivity (Wildman–Crippen MR) is 95.3 cm³/mol. The highest BCUT2D eigenvalue weighted by molar-refractivity contribution is 9.10. The van der Waals surface area contributed by atoms with E-state index < -0.39 is 5.63 Å². The fourth-order valence-electron chi connectivity index (χ4n) is 2.83. The van der Waals surface area contributed by atoms with E-state index in [1.54, 1.807) is 24.0 Å². The molecule has 0 aliphatic carbocycles. The number of fused-ring (bicyclic) bond motifs is 1. The fourth-order valence-corrected chi connectivity index (χ4v) is 3.19. The number of hydrogen-bond acceptors (Lipinski definition) is 4. The number of halogens is 2. The zero-order valence-electron chi connectivity index (χ0n) is 12.7. The van der Waals surface area contributed by atoms with Gasteiger partial charge in [-0.3, -0.25) is 4.79 Å². The van der Waals surface area contributed by atoms with E-state index in [0.29, 0.717) is 24.2 Å². The highest BCUT2D eigenvalue weighted by Crippen LogP contribution is 2.24. The molecule has 1 saturated heterocycles. The molecule has 1 amide bonds. The molecule has 1 aliphatic rings. The smallest absolute Gasteiger partial charge is 0.349 e. The van der Waals surface area contributed by atoms with Crippen molar-refractivity contribution in [1.29, 1.82) is 0 Å². The highest BCUT2D eigenvalue weighted by atomic mass is 79.9. The molecule has 1 fully saturated rings. The summed E-state index contributed by atoms with van der Waals surface area (Å²) in [5.74, 6) is -0.264. The summed E-state index contributed by atoms with van der Waals surface area (Å²) in [6.07, 6.45) is 1.52. The van der Waals surface area contributed by atoms with Crippen LogP contribution in [-0.4, -0.2) is 29.9 Å². The summed E-state index contributed by atoms with van der Waals surface area (Å²) in [6.45, 7) is 2.94. The second-order valence-electron chi connectivity index (χ2n) is 5.66. The van der Waals surface area contributed by atoms with Crippen molar-refractivity contribution in [2.24, 2.45) is 5.73 Å². The number of amides is 1. The molecule has 2 heterocycles. The monoisotopic (exact) mass is 400 g/mol. The Bertz CT molecular complexity index is 798. The summed E-state index contributed by atoms with van der Waals surface area (Å²) >= 11 is 3.40. The molecule has 0 unspecified atom stereocenters. The van der Waals surface area contributed by atoms with Gasteiger partial charge in [0.2, 0.25) is 0 Å². The van der Waals surface area contributed by atoms with Crippen LogP contribution in [0.25, 0.3) is 11.0 Å². The summed E-state index contributed by atoms with van der Waals surface area (Å²) in [7, 11) is 0. The third-order valence-electron chi connectivity index (χ3n) is 4.17. The standard InChI is InChI=1S/C16H17BrN2O3.ClH/c1-9-12-8-10(17)2-3-13(12)22-16(21)14(9)15(20)19-6-4-11(18)5-7-19;/h2-3,8,11H,4-7,18H2,1H3;1H. The maximum absolute atomic E-state index is 12.7. The summed E-state index contributed by atoms with van der Waals surface area (Å²) in [4.78, 5) is 26.6. The summed E-state index contributed by atoms with van der Waals surface area (Å²) in [6, 6.07) is 5.52. The van der Waals surface area contributed by atoms with Gasteiger partial charge in [-0.25, -0.2) is 4.79 Å². The third-order valence-corrected chi connectivity index (χ3v) is 4.66. The van der Waals surface area contributed by atoms with Crippen LogP contribution in [0.4, 0.5) is 0 Å². The van der Waals surface area contributed by atoms with Gasteiger partial charge in [0.05, 0.1) is 0 Å². The molecule has 124 valence electrons. The molecule has 1 aromatic heterocycles. The second kappa shape index (κ2) is 7.03. The number of rotatable bonds is 1. The normalized spacial score (nSPS) is 15.5. The topological polar surface area (TPSA) is 76.5 Å². The van der Waals surface area contributed by atoms with Crippen LogP contribution in [0, 0.1) is 6.92 Å². The summed E-state index contributed by atoms with van der Waals surface area (Å²) < 4.78 is 6.19. The Labute approximate surface area is 148 Å². The minimum absolute atomic E-state index is 0. The lowest BCUT2D eigenvalue weighted by molar-refractivity contribution is 0.0710. The molecule has 2 aromatic rings. The maximum atomic E-state index is 12.7. The highest BCUT2D eigenvalue weighted by Gasteiger charge is 2.26. The van der Waals surface area contributed by atoms with Crippen molar-refractivity contribution in [2.45, 2.75) is 25.8 Å². The lowest BCUT2D eigenvalue weighted by Crippen LogP contribution is -2.44. The fraction of sp³-hybridized carbons (Fsp3) is 0.375. The molecule has 0 bridgehead atoms. The Balaban J connectivity index is 0.00000192. The number of likely N-dealkylation sites (tertiary alicyclic amines) is 1. The molecule has 7 heteroatoms. The Hall–Kier alpha value is -1.37. The van der Waals surface area contributed by atoms with E-state index in [4.69, 9.17) is 10.2 Å². The molecule has 23 heavy (non-hydrogen) atoms. The first kappa shape index (κ1) is 18.0. The van der Waals surface area contributed by atoms with Crippen molar-refractivity contribution in [1.82, 2.24) is 4.90 Å². The minimum atomic E-state index is -0.577. The van der Waals surface area contributed by atoms with Gasteiger partial charge in [-0.15, -0.1) is 12.4 Å². The Morgan fingerprint density at radius 1 is 1.35 bits per heavy atom. The van der Waals surface area contributed by atoms with Crippen LogP contribution in [-0.2, 0) is 0 Å². The van der Waals surface area contributed by atoms with Crippen LogP contribution in [0.1, 0.15) is 28.8 Å². The lowest BCUT2D eigenvalue weighted by atomic mass is 10.0. The van der Waals surface area contributed by atoms with E-state index in [1.165, 1.54) is 0 Å². The van der Waals surface area contributed by atoms with Gasteiger partial charge in [0.1, 0.15) is 11.1 Å². The molecular weight excluding hydrogens is 384 g/mol. The van der Waals surface area contributed by atoms with Crippen LogP contribution in [0.3, 0.4) is 0 Å². The molecule has 0 radical (unpaired) electrons. The van der Waals surface area contributed by atoms with Gasteiger partial charge < -0.3 is 15.1 Å². The van der Waals surface area contributed by atoms with Crippen molar-refractivity contribution in [2.75, 3.05) is 13.1 Å². The molecular formula is C16H18BrClN2O3. The van der Waals surface area contributed by atoms with Crippen LogP contribution in [0.15, 0.2) is 31.9 Å². The van der Waals surface area contributed by atoms with E-state index >= 15 is 0 Å². The first-order chi connectivity index (χ1) is 10.5. The van der Waals surface area contributed by atoms with E-state index in [0.717, 1.165) is 22.7 Å². The Kier molecular flexibility index (Phi) is 5.49. The van der Waals surface area contributed by atoms with Crippen LogP contribution in [0.2, 0.25) is 0 Å². The zero-order valence-corrected chi connectivity index (χ0v) is 15.1. The van der Waals surface area contributed by atoms with Crippen molar-refractivity contribution in [3.8, 4) is 0 Å². The first-order valence-electron chi connectivity index (χ1n) is 7.25. The average Bonchev–Trinajstić information content (AvgIpc) is 2.49. The first-order valence-corrected chi connectivity index (χ1v) is 8.04. The van der Waals surface area contributed by atoms with Crippen molar-refractivity contribution >= 4 is 45.2 Å². The minimum Gasteiger partial charge on any atom is -0.422 e. The number of nitrogens with two attached hydrogens (primary N) is 1. The molecule has 3 rings (SSSR count). The molecule has 0 atom stereocenters. The van der Waals surface area contributed by atoms with E-state index in [-0.39, 0.29) is 29.9 Å². The van der Waals surface area contributed by atoms with Gasteiger partial charge in [-0.1, -0.05) is 15.9 Å². The SMILES string of the molecule is Cc1c(C(=O)N2CCC(N)CC2)c(=O)oc2ccc(Br)cc12.Cl. The molecule has 0 saturated carbocycles. The van der Waals surface area contributed by atoms with Crippen molar-refractivity contribution in [3.05, 3.63) is 44.2 Å². The average molecular weight is 402 g/mol. The quantitative estimate of drug-likeness (QED) is 0.746. The molecule has 1 aromatic carbocycles. The molecule has 1 aliphatic heterocycles. The zero-order chi connectivity index (χ0) is 15.9. The van der Waals surface area contributed by atoms with Gasteiger partial charge in [-0.2, -0.15) is 0 Å². The van der Waals surface area contributed by atoms with Crippen molar-refractivity contribution < 1.29 is 9.21 Å². The number of carbonyl (C=O) groups is 1. The lowest BCUT2D eigenvalue weighted by Gasteiger charge is -2.30. The molecule has 2 N–H and O–H groups in total. The summed E-state index contributed by atoms with van der Waals surface area (Å²) in [5.41, 5.74) is 6.56. The summed E-state index contributed by atoms with van der Waals surface area (Å²) in [5, 5.41) is 0.769. The second-order valence-corrected chi connectivity index (χ2v) is 6.58. The largest absolute Gasteiger partial charge is 0.422 e. The van der Waals surface area contributed by atoms with Gasteiger partial charge in [0, 0.05) is 29.0 Å². The number of aryl methyl sites for hydroxylation is 1. The van der Waals surface area contributed by atoms with Crippen LogP contribution in [0.5, 0.6) is 0 Å². The van der Waals surface area contributed by atoms with Crippen molar-refractivity contribution in [3.63, 3.8) is 0 Å². The van der Waals surface area contributed by atoms with Gasteiger partial charge in [0.25, 0.3) is 5.91 Å². The Morgan fingerprint density at radius 3 is 2.65 bits per heavy atom. The molecule has 0 spiro atoms.